The number of aliphatic hydroxyl groups excluding tert-OH is 1. The highest BCUT2D eigenvalue weighted by atomic mass is 16.3. The lowest BCUT2D eigenvalue weighted by Gasteiger charge is -2.13. The van der Waals surface area contributed by atoms with E-state index in [-0.39, 0.29) is 12.5 Å². The van der Waals surface area contributed by atoms with Gasteiger partial charge in [0.15, 0.2) is 0 Å². The van der Waals surface area contributed by atoms with E-state index in [0.717, 1.165) is 39.0 Å². The average Bonchev–Trinajstić information content (AvgIpc) is 2.98. The van der Waals surface area contributed by atoms with E-state index in [1.54, 1.807) is 12.1 Å². The van der Waals surface area contributed by atoms with Gasteiger partial charge in [-0.05, 0) is 47.5 Å². The third-order valence-corrected chi connectivity index (χ3v) is 6.31. The Kier molecular flexibility index (Phi) is 8.18. The number of nitrogens with zero attached hydrogens (tertiary/aromatic N) is 2. The van der Waals surface area contributed by atoms with E-state index in [4.69, 9.17) is 20.8 Å². The summed E-state index contributed by atoms with van der Waals surface area (Å²) in [5, 5.41) is 19.4. The minimum atomic E-state index is -0.231. The Balaban J connectivity index is 1.33. The van der Waals surface area contributed by atoms with E-state index < -0.39 is 0 Å². The lowest BCUT2D eigenvalue weighted by Crippen LogP contribution is -2.18. The number of aliphatic hydroxyl groups is 1. The molecule has 196 valence electrons. The van der Waals surface area contributed by atoms with Crippen LogP contribution in [0.5, 0.6) is 0 Å². The number of aromatic nitrogens is 2. The van der Waals surface area contributed by atoms with Gasteiger partial charge in [-0.15, -0.1) is 0 Å². The molecule has 0 spiro atoms. The van der Waals surface area contributed by atoms with E-state index in [1.807, 2.05) is 84.9 Å². The van der Waals surface area contributed by atoms with Gasteiger partial charge in [0.25, 0.3) is 5.91 Å². The second-order valence-electron chi connectivity index (χ2n) is 9.03. The van der Waals surface area contributed by atoms with Crippen LogP contribution in [0.3, 0.4) is 0 Å². The Labute approximate surface area is 226 Å². The van der Waals surface area contributed by atoms with Gasteiger partial charge in [0.2, 0.25) is 5.95 Å². The first-order valence-electron chi connectivity index (χ1n) is 12.8. The van der Waals surface area contributed by atoms with Crippen molar-refractivity contribution in [3.8, 4) is 11.3 Å². The summed E-state index contributed by atoms with van der Waals surface area (Å²) in [6, 6.07) is 30.9. The van der Waals surface area contributed by atoms with Crippen LogP contribution in [-0.4, -0.2) is 34.1 Å². The van der Waals surface area contributed by atoms with Crippen LogP contribution in [0, 0.1) is 0 Å². The molecular weight excluding hydrogens is 488 g/mol. The van der Waals surface area contributed by atoms with Gasteiger partial charge in [-0.25, -0.2) is 9.97 Å². The summed E-state index contributed by atoms with van der Waals surface area (Å²) >= 11 is 0. The molecule has 0 unspecified atom stereocenters. The second-order valence-corrected chi connectivity index (χ2v) is 9.03. The molecule has 5 rings (SSSR count). The first-order valence-corrected chi connectivity index (χ1v) is 12.8. The zero-order valence-electron chi connectivity index (χ0n) is 21.4. The van der Waals surface area contributed by atoms with Crippen molar-refractivity contribution < 1.29 is 9.90 Å². The Morgan fingerprint density at radius 3 is 2.41 bits per heavy atom. The molecule has 6 N–H and O–H groups in total. The highest BCUT2D eigenvalue weighted by molar-refractivity contribution is 6.05. The van der Waals surface area contributed by atoms with Crippen LogP contribution in [0.25, 0.3) is 22.2 Å². The molecule has 0 fully saturated rings. The van der Waals surface area contributed by atoms with E-state index >= 15 is 0 Å². The Hall–Kier alpha value is -4.63. The molecule has 8 heteroatoms. The van der Waals surface area contributed by atoms with Gasteiger partial charge in [-0.2, -0.15) is 0 Å². The lowest BCUT2D eigenvalue weighted by molar-refractivity contribution is 0.102. The maximum absolute atomic E-state index is 13.0. The van der Waals surface area contributed by atoms with Crippen molar-refractivity contribution in [1.82, 2.24) is 15.3 Å². The summed E-state index contributed by atoms with van der Waals surface area (Å²) in [5.41, 5.74) is 12.4. The number of nitrogens with one attached hydrogen (secondary N) is 3. The molecule has 39 heavy (non-hydrogen) atoms. The number of hydrogen-bond donors (Lipinski definition) is 5. The predicted octanol–water partition coefficient (Wildman–Crippen LogP) is 4.83. The van der Waals surface area contributed by atoms with Crippen molar-refractivity contribution in [2.45, 2.75) is 13.1 Å². The number of nitrogens with two attached hydrogens (primary N) is 1. The lowest BCUT2D eigenvalue weighted by atomic mass is 10.1. The number of amides is 1. The minimum Gasteiger partial charge on any atom is -0.395 e. The third kappa shape index (κ3) is 6.27. The maximum Gasteiger partial charge on any atom is 0.255 e. The fourth-order valence-electron chi connectivity index (χ4n) is 4.32. The van der Waals surface area contributed by atoms with Gasteiger partial charge >= 0.3 is 0 Å². The van der Waals surface area contributed by atoms with Crippen LogP contribution in [0.1, 0.15) is 21.5 Å². The maximum atomic E-state index is 13.0. The average molecular weight is 519 g/mol. The first-order chi connectivity index (χ1) is 19.1. The number of para-hydroxylation sites is 1. The summed E-state index contributed by atoms with van der Waals surface area (Å²) < 4.78 is 0. The first kappa shape index (κ1) is 26.0. The normalized spacial score (nSPS) is 10.9. The molecule has 1 heterocycles. The molecule has 5 aromatic rings. The fraction of sp³-hybridized carbons (Fsp3) is 0.129. The highest BCUT2D eigenvalue weighted by Crippen LogP contribution is 2.28. The SMILES string of the molecule is NCc1ccc(CNCCO)cc1NC(=O)c1ccc(Nc2nc(-c3ccccc3)c3ccccc3n2)cc1. The number of carbonyl (C=O) groups excluding carboxylic acids is 1. The molecule has 0 radical (unpaired) electrons. The summed E-state index contributed by atoms with van der Waals surface area (Å²) in [6.07, 6.45) is 0. The second kappa shape index (κ2) is 12.3. The van der Waals surface area contributed by atoms with Crippen molar-refractivity contribution in [3.63, 3.8) is 0 Å². The van der Waals surface area contributed by atoms with E-state index in [9.17, 15) is 4.79 Å². The smallest absolute Gasteiger partial charge is 0.255 e. The molecule has 0 aliphatic rings. The third-order valence-electron chi connectivity index (χ3n) is 6.31. The summed E-state index contributed by atoms with van der Waals surface area (Å²) in [7, 11) is 0. The zero-order chi connectivity index (χ0) is 27.0. The molecule has 1 amide bonds. The Morgan fingerprint density at radius 1 is 0.872 bits per heavy atom. The van der Waals surface area contributed by atoms with E-state index in [2.05, 4.69) is 16.0 Å². The van der Waals surface area contributed by atoms with Gasteiger partial charge in [-0.1, -0.05) is 60.7 Å². The van der Waals surface area contributed by atoms with Gasteiger partial charge in [0.05, 0.1) is 17.8 Å². The van der Waals surface area contributed by atoms with Crippen LogP contribution in [-0.2, 0) is 13.1 Å². The topological polar surface area (TPSA) is 125 Å². The number of hydrogen-bond acceptors (Lipinski definition) is 7. The van der Waals surface area contributed by atoms with Crippen molar-refractivity contribution in [3.05, 3.63) is 114 Å². The molecule has 0 bridgehead atoms. The van der Waals surface area contributed by atoms with Crippen LogP contribution in [0.4, 0.5) is 17.3 Å². The molecule has 0 aliphatic heterocycles. The van der Waals surface area contributed by atoms with Crippen LogP contribution >= 0.6 is 0 Å². The van der Waals surface area contributed by atoms with Gasteiger partial charge in [0.1, 0.15) is 0 Å². The molecule has 0 atom stereocenters. The number of carbonyl (C=O) groups is 1. The Morgan fingerprint density at radius 2 is 1.64 bits per heavy atom. The molecule has 4 aromatic carbocycles. The summed E-state index contributed by atoms with van der Waals surface area (Å²) in [4.78, 5) is 22.5. The number of anilines is 3. The van der Waals surface area contributed by atoms with E-state index in [1.165, 1.54) is 0 Å². The van der Waals surface area contributed by atoms with Crippen molar-refractivity contribution in [2.75, 3.05) is 23.8 Å². The number of rotatable bonds is 10. The van der Waals surface area contributed by atoms with Gasteiger partial charge in [0, 0.05) is 47.5 Å². The monoisotopic (exact) mass is 518 g/mol. The zero-order valence-corrected chi connectivity index (χ0v) is 21.4. The van der Waals surface area contributed by atoms with Gasteiger partial charge < -0.3 is 26.8 Å². The summed E-state index contributed by atoms with van der Waals surface area (Å²) in [6.45, 7) is 1.45. The standard InChI is InChI=1S/C31H30N6O2/c32-19-24-11-10-21(20-33-16-17-38)18-28(24)35-30(39)23-12-14-25(15-13-23)34-31-36-27-9-5-4-8-26(27)29(37-31)22-6-2-1-3-7-22/h1-15,18,33,38H,16-17,19-20,32H2,(H,35,39)(H,34,36,37). The van der Waals surface area contributed by atoms with Crippen molar-refractivity contribution in [1.29, 1.82) is 0 Å². The largest absolute Gasteiger partial charge is 0.395 e. The number of fused-ring (bicyclic) bond motifs is 1. The molecule has 0 saturated carbocycles. The molecule has 0 aliphatic carbocycles. The predicted molar refractivity (Wildman–Crippen MR) is 156 cm³/mol. The fourth-order valence-corrected chi connectivity index (χ4v) is 4.32. The molecule has 8 nitrogen and oxygen atoms in total. The van der Waals surface area contributed by atoms with Crippen molar-refractivity contribution in [2.24, 2.45) is 5.73 Å². The quantitative estimate of drug-likeness (QED) is 0.168. The van der Waals surface area contributed by atoms with Crippen molar-refractivity contribution >= 4 is 34.1 Å². The molecular formula is C31H30N6O2. The molecule has 0 saturated heterocycles. The van der Waals surface area contributed by atoms with Crippen LogP contribution in [0.2, 0.25) is 0 Å². The molecule has 1 aromatic heterocycles. The van der Waals surface area contributed by atoms with E-state index in [0.29, 0.717) is 36.8 Å². The Bertz CT molecular complexity index is 1570. The summed E-state index contributed by atoms with van der Waals surface area (Å²) in [5.74, 6) is 0.244. The highest BCUT2D eigenvalue weighted by Gasteiger charge is 2.12. The number of benzene rings is 4. The van der Waals surface area contributed by atoms with Gasteiger partial charge in [-0.3, -0.25) is 4.79 Å². The van der Waals surface area contributed by atoms with Crippen LogP contribution in [0.15, 0.2) is 97.1 Å². The minimum absolute atomic E-state index is 0.0660. The van der Waals surface area contributed by atoms with Crippen LogP contribution < -0.4 is 21.7 Å².